The first-order chi connectivity index (χ1) is 17.7. The molecular weight excluding hydrogens is 508 g/mol. The van der Waals surface area contributed by atoms with Gasteiger partial charge >= 0.3 is 11.9 Å². The first kappa shape index (κ1) is 26.9. The molecular formula is C22H22N6O8S. The minimum atomic E-state index is -0.623. The van der Waals surface area contributed by atoms with Crippen LogP contribution < -0.4 is 15.0 Å². The number of ether oxygens (including phenoxy) is 3. The van der Waals surface area contributed by atoms with Gasteiger partial charge in [0.1, 0.15) is 24.5 Å². The molecule has 3 rings (SSSR count). The summed E-state index contributed by atoms with van der Waals surface area (Å²) in [5.41, 5.74) is 1.05. The van der Waals surface area contributed by atoms with E-state index >= 15 is 0 Å². The molecule has 2 aromatic carbocycles. The van der Waals surface area contributed by atoms with Crippen LogP contribution in [0.4, 0.5) is 27.8 Å². The van der Waals surface area contributed by atoms with Gasteiger partial charge in [-0.3, -0.25) is 24.5 Å². The third kappa shape index (κ3) is 6.52. The van der Waals surface area contributed by atoms with E-state index in [4.69, 9.17) is 14.2 Å². The highest BCUT2D eigenvalue weighted by atomic mass is 32.1. The zero-order chi connectivity index (χ0) is 27.1. The average Bonchev–Trinajstić information content (AvgIpc) is 3.28. The summed E-state index contributed by atoms with van der Waals surface area (Å²) in [5.74, 6) is -1.46. The van der Waals surface area contributed by atoms with Crippen molar-refractivity contribution < 1.29 is 33.5 Å². The number of hydrogen-bond donors (Lipinski definition) is 1. The fourth-order valence-electron chi connectivity index (χ4n) is 3.21. The number of amides is 1. The molecule has 0 saturated carbocycles. The van der Waals surface area contributed by atoms with Gasteiger partial charge in [0.25, 0.3) is 5.69 Å². The molecule has 1 aromatic heterocycles. The summed E-state index contributed by atoms with van der Waals surface area (Å²) in [7, 11) is 3.79. The average molecular weight is 531 g/mol. The number of esters is 2. The quantitative estimate of drug-likeness (QED) is 0.176. The predicted molar refractivity (Wildman–Crippen MR) is 134 cm³/mol. The molecule has 14 nitrogen and oxygen atoms in total. The van der Waals surface area contributed by atoms with Crippen LogP contribution in [0.2, 0.25) is 0 Å². The van der Waals surface area contributed by atoms with Crippen molar-refractivity contribution in [1.29, 1.82) is 0 Å². The number of nitrogens with zero attached hydrogens (tertiary/aromatic N) is 5. The Labute approximate surface area is 214 Å². The number of methoxy groups -OCH3 is 3. The molecule has 1 amide bonds. The topological polar surface area (TPSA) is 175 Å². The van der Waals surface area contributed by atoms with Gasteiger partial charge in [-0.1, -0.05) is 0 Å². The Morgan fingerprint density at radius 3 is 2.32 bits per heavy atom. The molecule has 0 radical (unpaired) electrons. The fraction of sp³-hybridized carbons (Fsp3) is 0.273. The molecule has 0 saturated heterocycles. The number of aromatic nitrogens is 1. The smallest absolute Gasteiger partial charge is 0.325 e. The van der Waals surface area contributed by atoms with E-state index in [0.717, 1.165) is 11.5 Å². The number of nitro benzene ring substituents is 1. The molecule has 1 heterocycles. The number of anilines is 2. The summed E-state index contributed by atoms with van der Waals surface area (Å²) < 4.78 is 19.1. The van der Waals surface area contributed by atoms with Crippen molar-refractivity contribution in [2.24, 2.45) is 10.2 Å². The van der Waals surface area contributed by atoms with Crippen molar-refractivity contribution >= 4 is 68.0 Å². The standard InChI is InChI=1S/C22H22N6O8S/c1-12(29)23-16-8-18(27(10-20(30)35-3)11-21(31)36-4)19(34-2)9-17(16)24-25-22-14-7-13(28(32)33)5-6-15(14)26-37-22/h5-9H,10-11H2,1-4H3,(H,23,29). The number of benzene rings is 2. The molecule has 37 heavy (non-hydrogen) atoms. The Bertz CT molecular complexity index is 1370. The lowest BCUT2D eigenvalue weighted by Gasteiger charge is -2.25. The van der Waals surface area contributed by atoms with Crippen molar-refractivity contribution in [3.05, 3.63) is 40.4 Å². The molecule has 0 fully saturated rings. The fourth-order valence-corrected chi connectivity index (χ4v) is 3.89. The zero-order valence-electron chi connectivity index (χ0n) is 20.2. The Kier molecular flexibility index (Phi) is 8.63. The van der Waals surface area contributed by atoms with Gasteiger partial charge in [0.15, 0.2) is 5.00 Å². The Balaban J connectivity index is 2.09. The van der Waals surface area contributed by atoms with Crippen LogP contribution in [0.15, 0.2) is 40.6 Å². The molecule has 0 spiro atoms. The van der Waals surface area contributed by atoms with Gasteiger partial charge in [-0.25, -0.2) is 0 Å². The Morgan fingerprint density at radius 2 is 1.76 bits per heavy atom. The molecule has 0 aliphatic heterocycles. The molecule has 0 unspecified atom stereocenters. The largest absolute Gasteiger partial charge is 0.494 e. The number of azo groups is 1. The minimum absolute atomic E-state index is 0.120. The van der Waals surface area contributed by atoms with E-state index in [1.54, 1.807) is 0 Å². The van der Waals surface area contributed by atoms with E-state index in [-0.39, 0.29) is 41.6 Å². The molecule has 194 valence electrons. The lowest BCUT2D eigenvalue weighted by atomic mass is 10.2. The molecule has 0 bridgehead atoms. The van der Waals surface area contributed by atoms with Crippen LogP contribution in [-0.2, 0) is 23.9 Å². The normalized spacial score (nSPS) is 10.8. The monoisotopic (exact) mass is 530 g/mol. The van der Waals surface area contributed by atoms with E-state index in [0.29, 0.717) is 15.9 Å². The second-order valence-corrected chi connectivity index (χ2v) is 8.13. The molecule has 0 aliphatic carbocycles. The summed E-state index contributed by atoms with van der Waals surface area (Å²) in [6.07, 6.45) is 0. The van der Waals surface area contributed by atoms with E-state index in [2.05, 4.69) is 19.9 Å². The van der Waals surface area contributed by atoms with Gasteiger partial charge in [-0.2, -0.15) is 4.37 Å². The Hall–Kier alpha value is -4.66. The predicted octanol–water partition coefficient (Wildman–Crippen LogP) is 3.74. The van der Waals surface area contributed by atoms with Crippen LogP contribution in [0.25, 0.3) is 10.9 Å². The number of non-ortho nitro benzene ring substituents is 1. The van der Waals surface area contributed by atoms with Crippen molar-refractivity contribution in [2.75, 3.05) is 44.6 Å². The van der Waals surface area contributed by atoms with Crippen LogP contribution >= 0.6 is 11.5 Å². The first-order valence-corrected chi connectivity index (χ1v) is 11.3. The molecule has 0 atom stereocenters. The van der Waals surface area contributed by atoms with Gasteiger partial charge in [0.05, 0.1) is 43.1 Å². The summed E-state index contributed by atoms with van der Waals surface area (Å²) in [6, 6.07) is 7.13. The second-order valence-electron chi connectivity index (χ2n) is 7.38. The van der Waals surface area contributed by atoms with Crippen molar-refractivity contribution in [2.45, 2.75) is 6.92 Å². The summed E-state index contributed by atoms with van der Waals surface area (Å²) in [4.78, 5) is 47.9. The highest BCUT2D eigenvalue weighted by Crippen LogP contribution is 2.41. The maximum absolute atomic E-state index is 12.0. The van der Waals surface area contributed by atoms with Crippen molar-refractivity contribution in [1.82, 2.24) is 4.37 Å². The number of rotatable bonds is 10. The van der Waals surface area contributed by atoms with Crippen LogP contribution in [-0.4, -0.2) is 61.6 Å². The molecule has 15 heteroatoms. The maximum atomic E-state index is 12.0. The van der Waals surface area contributed by atoms with E-state index in [1.165, 1.54) is 63.5 Å². The number of carbonyl (C=O) groups is 3. The van der Waals surface area contributed by atoms with Crippen LogP contribution in [0.1, 0.15) is 6.92 Å². The summed E-state index contributed by atoms with van der Waals surface area (Å²) in [6.45, 7) is 0.670. The molecule has 1 N–H and O–H groups in total. The number of fused-ring (bicyclic) bond motifs is 1. The minimum Gasteiger partial charge on any atom is -0.494 e. The summed E-state index contributed by atoms with van der Waals surface area (Å²) >= 11 is 0.996. The van der Waals surface area contributed by atoms with Gasteiger partial charge in [-0.15, -0.1) is 10.2 Å². The highest BCUT2D eigenvalue weighted by Gasteiger charge is 2.22. The van der Waals surface area contributed by atoms with Crippen LogP contribution in [0.5, 0.6) is 5.75 Å². The third-order valence-corrected chi connectivity index (χ3v) is 5.71. The number of nitro groups is 1. The highest BCUT2D eigenvalue weighted by molar-refractivity contribution is 7.11. The van der Waals surface area contributed by atoms with Gasteiger partial charge in [0.2, 0.25) is 5.91 Å². The lowest BCUT2D eigenvalue weighted by molar-refractivity contribution is -0.384. The number of hydrogen-bond acceptors (Lipinski definition) is 13. The van der Waals surface area contributed by atoms with Crippen LogP contribution in [0.3, 0.4) is 0 Å². The molecule has 0 aliphatic rings. The Morgan fingerprint density at radius 1 is 1.08 bits per heavy atom. The van der Waals surface area contributed by atoms with E-state index in [9.17, 15) is 24.5 Å². The maximum Gasteiger partial charge on any atom is 0.325 e. The van der Waals surface area contributed by atoms with Gasteiger partial charge in [-0.05, 0) is 23.7 Å². The van der Waals surface area contributed by atoms with Crippen LogP contribution in [0, 0.1) is 10.1 Å². The van der Waals surface area contributed by atoms with E-state index in [1.807, 2.05) is 0 Å². The first-order valence-electron chi connectivity index (χ1n) is 10.5. The van der Waals surface area contributed by atoms with Gasteiger partial charge < -0.3 is 24.4 Å². The number of carbonyl (C=O) groups excluding carboxylic acids is 3. The number of nitrogens with one attached hydrogen (secondary N) is 1. The molecule has 3 aromatic rings. The van der Waals surface area contributed by atoms with E-state index < -0.39 is 22.8 Å². The SMILES string of the molecule is COC(=O)CN(CC(=O)OC)c1cc(NC(C)=O)c(N=Nc2snc3ccc([N+](=O)[O-])cc23)cc1OC. The third-order valence-electron chi connectivity index (χ3n) is 4.94. The second kappa shape index (κ2) is 11.9. The summed E-state index contributed by atoms with van der Waals surface area (Å²) in [5, 5.41) is 23.0. The van der Waals surface area contributed by atoms with Gasteiger partial charge in [0, 0.05) is 30.5 Å². The van der Waals surface area contributed by atoms with Crippen molar-refractivity contribution in [3.8, 4) is 5.75 Å². The lowest BCUT2D eigenvalue weighted by Crippen LogP contribution is -2.36. The zero-order valence-corrected chi connectivity index (χ0v) is 21.0. The van der Waals surface area contributed by atoms with Crippen molar-refractivity contribution in [3.63, 3.8) is 0 Å².